The van der Waals surface area contributed by atoms with Crippen molar-refractivity contribution in [2.75, 3.05) is 26.2 Å². The van der Waals surface area contributed by atoms with E-state index < -0.39 is 0 Å². The van der Waals surface area contributed by atoms with Crippen LogP contribution in [0.2, 0.25) is 0 Å². The van der Waals surface area contributed by atoms with Crippen LogP contribution in [0.4, 0.5) is 0 Å². The lowest BCUT2D eigenvalue weighted by Crippen LogP contribution is -2.33. The SMILES string of the molecule is Cc1ccc(C2(c3ccc(C)cc3)CC2C(=O)OCCN2CCCCC2)cc1. The van der Waals surface area contributed by atoms with Crippen molar-refractivity contribution in [3.63, 3.8) is 0 Å². The summed E-state index contributed by atoms with van der Waals surface area (Å²) in [6, 6.07) is 17.3. The molecule has 1 unspecified atom stereocenters. The second kappa shape index (κ2) is 8.08. The van der Waals surface area contributed by atoms with E-state index in [2.05, 4.69) is 67.3 Å². The molecular weight excluding hydrogens is 346 g/mol. The maximum absolute atomic E-state index is 12.9. The van der Waals surface area contributed by atoms with Gasteiger partial charge < -0.3 is 4.74 Å². The summed E-state index contributed by atoms with van der Waals surface area (Å²) in [7, 11) is 0. The van der Waals surface area contributed by atoms with Gasteiger partial charge in [-0.3, -0.25) is 9.69 Å². The minimum Gasteiger partial charge on any atom is -0.464 e. The van der Waals surface area contributed by atoms with Gasteiger partial charge in [-0.05, 0) is 57.3 Å². The Labute approximate surface area is 168 Å². The van der Waals surface area contributed by atoms with Crippen molar-refractivity contribution in [1.82, 2.24) is 4.90 Å². The van der Waals surface area contributed by atoms with Gasteiger partial charge in [0.1, 0.15) is 6.61 Å². The number of esters is 1. The summed E-state index contributed by atoms with van der Waals surface area (Å²) in [6.07, 6.45) is 4.69. The Kier molecular flexibility index (Phi) is 5.54. The van der Waals surface area contributed by atoms with Crippen molar-refractivity contribution in [1.29, 1.82) is 0 Å². The number of benzene rings is 2. The smallest absolute Gasteiger partial charge is 0.310 e. The molecule has 2 aliphatic rings. The lowest BCUT2D eigenvalue weighted by Gasteiger charge is -2.26. The monoisotopic (exact) mass is 377 g/mol. The van der Waals surface area contributed by atoms with Gasteiger partial charge in [-0.25, -0.2) is 0 Å². The van der Waals surface area contributed by atoms with Crippen molar-refractivity contribution in [3.05, 3.63) is 70.8 Å². The van der Waals surface area contributed by atoms with E-state index in [1.165, 1.54) is 41.5 Å². The van der Waals surface area contributed by atoms with Gasteiger partial charge in [0.05, 0.1) is 5.92 Å². The van der Waals surface area contributed by atoms with Gasteiger partial charge in [-0.15, -0.1) is 0 Å². The number of carbonyl (C=O) groups is 1. The highest BCUT2D eigenvalue weighted by Crippen LogP contribution is 2.59. The molecule has 3 heteroatoms. The lowest BCUT2D eigenvalue weighted by atomic mass is 9.85. The van der Waals surface area contributed by atoms with Crippen LogP contribution in [0.25, 0.3) is 0 Å². The minimum atomic E-state index is -0.233. The molecule has 0 bridgehead atoms. The Morgan fingerprint density at radius 2 is 1.46 bits per heavy atom. The van der Waals surface area contributed by atoms with Crippen LogP contribution in [-0.4, -0.2) is 37.1 Å². The molecule has 1 heterocycles. The number of rotatable bonds is 6. The normalized spacial score (nSPS) is 21.3. The first-order chi connectivity index (χ1) is 13.6. The molecule has 4 rings (SSSR count). The van der Waals surface area contributed by atoms with E-state index >= 15 is 0 Å². The maximum Gasteiger partial charge on any atom is 0.310 e. The van der Waals surface area contributed by atoms with Crippen molar-refractivity contribution in [3.8, 4) is 0 Å². The fourth-order valence-electron chi connectivity index (χ4n) is 4.61. The van der Waals surface area contributed by atoms with E-state index in [9.17, 15) is 4.79 Å². The largest absolute Gasteiger partial charge is 0.464 e. The Morgan fingerprint density at radius 3 is 2.00 bits per heavy atom. The molecule has 2 aromatic rings. The molecule has 148 valence electrons. The first-order valence-electron chi connectivity index (χ1n) is 10.6. The van der Waals surface area contributed by atoms with E-state index in [0.29, 0.717) is 6.61 Å². The fraction of sp³-hybridized carbons (Fsp3) is 0.480. The summed E-state index contributed by atoms with van der Waals surface area (Å²) in [5.74, 6) is -0.127. The third-order valence-electron chi connectivity index (χ3n) is 6.48. The van der Waals surface area contributed by atoms with Crippen molar-refractivity contribution < 1.29 is 9.53 Å². The highest BCUT2D eigenvalue weighted by molar-refractivity contribution is 5.81. The van der Waals surface area contributed by atoms with Crippen LogP contribution in [-0.2, 0) is 14.9 Å². The Bertz CT molecular complexity index is 758. The van der Waals surface area contributed by atoms with Crippen molar-refractivity contribution in [2.24, 2.45) is 5.92 Å². The van der Waals surface area contributed by atoms with Crippen LogP contribution in [0.1, 0.15) is 47.9 Å². The summed E-state index contributed by atoms with van der Waals surface area (Å²) in [5.41, 5.74) is 4.69. The zero-order valence-corrected chi connectivity index (χ0v) is 17.1. The number of nitrogens with zero attached hydrogens (tertiary/aromatic N) is 1. The van der Waals surface area contributed by atoms with Crippen molar-refractivity contribution in [2.45, 2.75) is 44.9 Å². The molecule has 0 spiro atoms. The molecule has 2 fully saturated rings. The Balaban J connectivity index is 1.47. The second-order valence-corrected chi connectivity index (χ2v) is 8.53. The van der Waals surface area contributed by atoms with Crippen LogP contribution in [0.15, 0.2) is 48.5 Å². The van der Waals surface area contributed by atoms with E-state index in [4.69, 9.17) is 4.74 Å². The number of aryl methyl sites for hydroxylation is 2. The van der Waals surface area contributed by atoms with Crippen LogP contribution < -0.4 is 0 Å². The molecule has 28 heavy (non-hydrogen) atoms. The molecule has 1 aliphatic carbocycles. The maximum atomic E-state index is 12.9. The lowest BCUT2D eigenvalue weighted by molar-refractivity contribution is -0.146. The molecule has 1 aliphatic heterocycles. The molecule has 3 nitrogen and oxygen atoms in total. The number of piperidine rings is 1. The van der Waals surface area contributed by atoms with E-state index in [1.54, 1.807) is 0 Å². The second-order valence-electron chi connectivity index (χ2n) is 8.53. The summed E-state index contributed by atoms with van der Waals surface area (Å²) < 4.78 is 5.73. The molecule has 0 N–H and O–H groups in total. The molecule has 1 saturated heterocycles. The third kappa shape index (κ3) is 3.86. The fourth-order valence-corrected chi connectivity index (χ4v) is 4.61. The Morgan fingerprint density at radius 1 is 0.929 bits per heavy atom. The summed E-state index contributed by atoms with van der Waals surface area (Å²) in [5, 5.41) is 0. The quantitative estimate of drug-likeness (QED) is 0.687. The number of ether oxygens (including phenoxy) is 1. The van der Waals surface area contributed by atoms with E-state index in [-0.39, 0.29) is 17.3 Å². The topological polar surface area (TPSA) is 29.5 Å². The molecule has 0 amide bonds. The third-order valence-corrected chi connectivity index (χ3v) is 6.48. The number of carbonyl (C=O) groups excluding carboxylic acids is 1. The van der Waals surface area contributed by atoms with Gasteiger partial charge in [0.2, 0.25) is 0 Å². The highest BCUT2D eigenvalue weighted by Gasteiger charge is 2.61. The predicted octanol–water partition coefficient (Wildman–Crippen LogP) is 4.64. The molecule has 2 aromatic carbocycles. The molecule has 0 aromatic heterocycles. The first-order valence-corrected chi connectivity index (χ1v) is 10.6. The van der Waals surface area contributed by atoms with Gasteiger partial charge in [0, 0.05) is 12.0 Å². The molecular formula is C25H31NO2. The van der Waals surface area contributed by atoms with Gasteiger partial charge in [-0.1, -0.05) is 66.1 Å². The summed E-state index contributed by atoms with van der Waals surface area (Å²) >= 11 is 0. The zero-order valence-electron chi connectivity index (χ0n) is 17.1. The van der Waals surface area contributed by atoms with Gasteiger partial charge in [-0.2, -0.15) is 0 Å². The first kappa shape index (κ1) is 19.2. The average molecular weight is 378 g/mol. The predicted molar refractivity (Wildman–Crippen MR) is 112 cm³/mol. The number of hydrogen-bond acceptors (Lipinski definition) is 3. The number of likely N-dealkylation sites (tertiary alicyclic amines) is 1. The van der Waals surface area contributed by atoms with Crippen LogP contribution in [0, 0.1) is 19.8 Å². The van der Waals surface area contributed by atoms with Crippen LogP contribution >= 0.6 is 0 Å². The van der Waals surface area contributed by atoms with E-state index in [1.807, 2.05) is 0 Å². The molecule has 1 atom stereocenters. The standard InChI is InChI=1S/C25H31NO2/c1-19-6-10-21(11-7-19)25(22-12-8-20(2)9-13-22)18-23(25)24(27)28-17-16-26-14-4-3-5-15-26/h6-13,23H,3-5,14-18H2,1-2H3. The van der Waals surface area contributed by atoms with Gasteiger partial charge in [0.25, 0.3) is 0 Å². The zero-order chi connectivity index (χ0) is 19.6. The minimum absolute atomic E-state index is 0.0434. The molecule has 1 saturated carbocycles. The summed E-state index contributed by atoms with van der Waals surface area (Å²) in [4.78, 5) is 15.3. The van der Waals surface area contributed by atoms with Crippen LogP contribution in [0.3, 0.4) is 0 Å². The number of hydrogen-bond donors (Lipinski definition) is 0. The average Bonchev–Trinajstić information content (AvgIpc) is 3.47. The molecule has 0 radical (unpaired) electrons. The Hall–Kier alpha value is -2.13. The summed E-state index contributed by atoms with van der Waals surface area (Å²) in [6.45, 7) is 7.84. The van der Waals surface area contributed by atoms with Crippen LogP contribution in [0.5, 0.6) is 0 Å². The van der Waals surface area contributed by atoms with Gasteiger partial charge in [0.15, 0.2) is 0 Å². The highest BCUT2D eigenvalue weighted by atomic mass is 16.5. The van der Waals surface area contributed by atoms with E-state index in [0.717, 1.165) is 26.1 Å². The van der Waals surface area contributed by atoms with Crippen molar-refractivity contribution >= 4 is 5.97 Å². The van der Waals surface area contributed by atoms with Gasteiger partial charge >= 0.3 is 5.97 Å².